The van der Waals surface area contributed by atoms with Gasteiger partial charge in [0.2, 0.25) is 0 Å². The molecule has 0 aromatic heterocycles. The van der Waals surface area contributed by atoms with Crippen molar-refractivity contribution < 1.29 is 19.1 Å². The van der Waals surface area contributed by atoms with Crippen LogP contribution in [0.3, 0.4) is 0 Å². The van der Waals surface area contributed by atoms with E-state index in [-0.39, 0.29) is 0 Å². The zero-order chi connectivity index (χ0) is 18.6. The number of esters is 1. The summed E-state index contributed by atoms with van der Waals surface area (Å²) < 4.78 is 10.4. The molecule has 1 atom stereocenters. The minimum atomic E-state index is -0.591. The van der Waals surface area contributed by atoms with Crippen molar-refractivity contribution in [2.75, 3.05) is 13.2 Å². The zero-order valence-corrected chi connectivity index (χ0v) is 15.8. The number of carbonyl (C=O) groups excluding carboxylic acids is 2. The van der Waals surface area contributed by atoms with Crippen molar-refractivity contribution in [1.82, 2.24) is 4.90 Å². The number of benzene rings is 1. The molecule has 2 rings (SSSR count). The summed E-state index contributed by atoms with van der Waals surface area (Å²) in [7, 11) is 0. The average Bonchev–Trinajstić information content (AvgIpc) is 2.50. The molecule has 1 amide bonds. The van der Waals surface area contributed by atoms with Crippen LogP contribution in [0.15, 0.2) is 30.4 Å². The molecule has 136 valence electrons. The molecule has 1 heterocycles. The first-order valence-electron chi connectivity index (χ1n) is 8.34. The summed E-state index contributed by atoms with van der Waals surface area (Å²) in [4.78, 5) is 25.9. The van der Waals surface area contributed by atoms with Gasteiger partial charge in [-0.2, -0.15) is 0 Å². The maximum Gasteiger partial charge on any atom is 0.411 e. The largest absolute Gasteiger partial charge is 0.463 e. The summed E-state index contributed by atoms with van der Waals surface area (Å²) in [5.74, 6) is -0.437. The van der Waals surface area contributed by atoms with Crippen molar-refractivity contribution in [2.45, 2.75) is 45.8 Å². The van der Waals surface area contributed by atoms with Crippen LogP contribution < -0.4 is 0 Å². The van der Waals surface area contributed by atoms with Gasteiger partial charge in [-0.1, -0.05) is 23.7 Å². The van der Waals surface area contributed by atoms with E-state index in [0.29, 0.717) is 24.6 Å². The molecule has 1 aliphatic heterocycles. The molecule has 0 N–H and O–H groups in total. The number of rotatable bonds is 3. The first kappa shape index (κ1) is 19.3. The number of fused-ring (bicyclic) bond motifs is 1. The van der Waals surface area contributed by atoms with Gasteiger partial charge in [-0.3, -0.25) is 4.90 Å². The molecule has 1 aromatic rings. The summed E-state index contributed by atoms with van der Waals surface area (Å²) in [6, 6.07) is 5.16. The molecule has 1 unspecified atom stereocenters. The summed E-state index contributed by atoms with van der Waals surface area (Å²) in [6.07, 6.45) is 3.30. The van der Waals surface area contributed by atoms with Crippen molar-refractivity contribution in [3.63, 3.8) is 0 Å². The van der Waals surface area contributed by atoms with Crippen LogP contribution in [-0.4, -0.2) is 35.7 Å². The van der Waals surface area contributed by atoms with Gasteiger partial charge in [0.25, 0.3) is 0 Å². The molecule has 1 aliphatic rings. The summed E-state index contributed by atoms with van der Waals surface area (Å²) in [6.45, 7) is 8.01. The van der Waals surface area contributed by atoms with Crippen LogP contribution in [0.4, 0.5) is 4.79 Å². The van der Waals surface area contributed by atoms with E-state index in [9.17, 15) is 9.59 Å². The second-order valence-corrected chi connectivity index (χ2v) is 7.26. The Morgan fingerprint density at radius 2 is 2.08 bits per heavy atom. The Morgan fingerprint density at radius 3 is 2.72 bits per heavy atom. The number of carbonyl (C=O) groups is 2. The molecular weight excluding hydrogens is 342 g/mol. The van der Waals surface area contributed by atoms with Crippen LogP contribution in [0.25, 0.3) is 0 Å². The Bertz CT molecular complexity index is 678. The summed E-state index contributed by atoms with van der Waals surface area (Å²) >= 11 is 6.08. The van der Waals surface area contributed by atoms with E-state index in [4.69, 9.17) is 21.1 Å². The number of hydrogen-bond acceptors (Lipinski definition) is 4. The van der Waals surface area contributed by atoms with E-state index in [2.05, 4.69) is 0 Å². The molecule has 6 heteroatoms. The normalized spacial score (nSPS) is 17.3. The molecule has 5 nitrogen and oxygen atoms in total. The molecule has 0 saturated heterocycles. The topological polar surface area (TPSA) is 55.8 Å². The van der Waals surface area contributed by atoms with Gasteiger partial charge < -0.3 is 9.47 Å². The highest BCUT2D eigenvalue weighted by molar-refractivity contribution is 6.30. The van der Waals surface area contributed by atoms with Gasteiger partial charge in [0, 0.05) is 17.6 Å². The number of nitrogens with zero attached hydrogens (tertiary/aromatic N) is 1. The third kappa shape index (κ3) is 5.23. The standard InChI is InChI=1S/C19H24ClNO4/c1-5-24-17(22)9-8-16-15-7-6-14(20)12-13(15)10-11-21(16)18(23)25-19(2,3)4/h6-9,12,16H,5,10-11H2,1-4H3/b9-8+. The highest BCUT2D eigenvalue weighted by Gasteiger charge is 2.32. The maximum atomic E-state index is 12.6. The highest BCUT2D eigenvalue weighted by Crippen LogP contribution is 2.33. The van der Waals surface area contributed by atoms with Crippen LogP contribution in [0, 0.1) is 0 Å². The first-order valence-corrected chi connectivity index (χ1v) is 8.72. The lowest BCUT2D eigenvalue weighted by molar-refractivity contribution is -0.137. The maximum absolute atomic E-state index is 12.6. The monoisotopic (exact) mass is 365 g/mol. The molecule has 0 fully saturated rings. The van der Waals surface area contributed by atoms with E-state index in [1.165, 1.54) is 6.08 Å². The van der Waals surface area contributed by atoms with Gasteiger partial charge in [0.1, 0.15) is 5.60 Å². The smallest absolute Gasteiger partial charge is 0.411 e. The molecule has 0 aliphatic carbocycles. The van der Waals surface area contributed by atoms with Gasteiger partial charge >= 0.3 is 12.1 Å². The Balaban J connectivity index is 2.33. The molecular formula is C19H24ClNO4. The second kappa shape index (κ2) is 7.91. The molecule has 0 spiro atoms. The van der Waals surface area contributed by atoms with Crippen molar-refractivity contribution in [1.29, 1.82) is 0 Å². The Morgan fingerprint density at radius 1 is 1.36 bits per heavy atom. The van der Waals surface area contributed by atoms with Crippen LogP contribution in [-0.2, 0) is 20.7 Å². The van der Waals surface area contributed by atoms with Gasteiger partial charge in [-0.05, 0) is 57.4 Å². The lowest BCUT2D eigenvalue weighted by Gasteiger charge is -2.36. The first-order chi connectivity index (χ1) is 11.7. The second-order valence-electron chi connectivity index (χ2n) is 6.82. The van der Waals surface area contributed by atoms with Crippen LogP contribution in [0.5, 0.6) is 0 Å². The molecule has 25 heavy (non-hydrogen) atoms. The zero-order valence-electron chi connectivity index (χ0n) is 15.0. The fraction of sp³-hybridized carbons (Fsp3) is 0.474. The molecule has 0 bridgehead atoms. The van der Waals surface area contributed by atoms with Crippen molar-refractivity contribution in [3.05, 3.63) is 46.5 Å². The molecule has 0 saturated carbocycles. The quantitative estimate of drug-likeness (QED) is 0.592. The van der Waals surface area contributed by atoms with Crippen molar-refractivity contribution in [2.24, 2.45) is 0 Å². The molecule has 0 radical (unpaired) electrons. The minimum absolute atomic E-state index is 0.301. The highest BCUT2D eigenvalue weighted by atomic mass is 35.5. The summed E-state index contributed by atoms with van der Waals surface area (Å²) in [5.41, 5.74) is 1.40. The van der Waals surface area contributed by atoms with Gasteiger partial charge in [-0.15, -0.1) is 0 Å². The molecule has 1 aromatic carbocycles. The van der Waals surface area contributed by atoms with Crippen LogP contribution in [0.2, 0.25) is 5.02 Å². The van der Waals surface area contributed by atoms with E-state index in [1.807, 2.05) is 32.9 Å². The van der Waals surface area contributed by atoms with Crippen LogP contribution in [0.1, 0.15) is 44.9 Å². The number of amides is 1. The van der Waals surface area contributed by atoms with Gasteiger partial charge in [0.15, 0.2) is 0 Å². The van der Waals surface area contributed by atoms with E-state index >= 15 is 0 Å². The lowest BCUT2D eigenvalue weighted by atomic mass is 9.92. The number of hydrogen-bond donors (Lipinski definition) is 0. The number of halogens is 1. The van der Waals surface area contributed by atoms with E-state index < -0.39 is 23.7 Å². The Kier molecular flexibility index (Phi) is 6.11. The Labute approximate surface area is 153 Å². The number of ether oxygens (including phenoxy) is 2. The SMILES string of the molecule is CCOC(=O)/C=C/C1c2ccc(Cl)cc2CCN1C(=O)OC(C)(C)C. The minimum Gasteiger partial charge on any atom is -0.463 e. The predicted molar refractivity (Wildman–Crippen MR) is 96.6 cm³/mol. The average molecular weight is 366 g/mol. The Hall–Kier alpha value is -2.01. The summed E-state index contributed by atoms with van der Waals surface area (Å²) in [5, 5.41) is 0.651. The van der Waals surface area contributed by atoms with Gasteiger partial charge in [-0.25, -0.2) is 9.59 Å². The van der Waals surface area contributed by atoms with E-state index in [0.717, 1.165) is 11.1 Å². The third-order valence-electron chi connectivity index (χ3n) is 3.71. The third-order valence-corrected chi connectivity index (χ3v) is 3.95. The van der Waals surface area contributed by atoms with Crippen molar-refractivity contribution in [3.8, 4) is 0 Å². The fourth-order valence-corrected chi connectivity index (χ4v) is 2.91. The van der Waals surface area contributed by atoms with Gasteiger partial charge in [0.05, 0.1) is 12.6 Å². The predicted octanol–water partition coefficient (Wildman–Crippen LogP) is 4.29. The lowest BCUT2D eigenvalue weighted by Crippen LogP contribution is -2.42. The van der Waals surface area contributed by atoms with Crippen LogP contribution >= 0.6 is 11.6 Å². The van der Waals surface area contributed by atoms with E-state index in [1.54, 1.807) is 24.0 Å². The van der Waals surface area contributed by atoms with Crippen molar-refractivity contribution >= 4 is 23.7 Å². The fourth-order valence-electron chi connectivity index (χ4n) is 2.72.